The highest BCUT2D eigenvalue weighted by Gasteiger charge is 2.36. The fourth-order valence-electron chi connectivity index (χ4n) is 13.3. The van der Waals surface area contributed by atoms with Gasteiger partial charge in [-0.3, -0.25) is 0 Å². The molecule has 0 N–H and O–H groups in total. The van der Waals surface area contributed by atoms with E-state index in [0.717, 1.165) is 72.2 Å². The van der Waals surface area contributed by atoms with Crippen LogP contribution in [0.4, 0.5) is 0 Å². The average molecular weight is 1090 g/mol. The van der Waals surface area contributed by atoms with Crippen molar-refractivity contribution in [2.45, 2.75) is 212 Å². The van der Waals surface area contributed by atoms with Gasteiger partial charge in [-0.25, -0.2) is 19.2 Å². The molecule has 1 aliphatic rings. The Morgan fingerprint density at radius 1 is 0.312 bits per heavy atom. The lowest BCUT2D eigenvalue weighted by Crippen LogP contribution is -2.26. The Morgan fingerprint density at radius 2 is 0.450 bits per heavy atom. The predicted octanol–water partition coefficient (Wildman–Crippen LogP) is 17.6. The smallest absolute Gasteiger partial charge is 0.335 e. The summed E-state index contributed by atoms with van der Waals surface area (Å²) in [5.41, 5.74) is 7.49. The van der Waals surface area contributed by atoms with Gasteiger partial charge in [0.25, 0.3) is 0 Å². The molecule has 0 fully saturated rings. The Balaban J connectivity index is 2.20. The fourth-order valence-corrected chi connectivity index (χ4v) is 13.3. The maximum atomic E-state index is 13.9. The molecule has 8 heteroatoms. The zero-order valence-electron chi connectivity index (χ0n) is 52.7. The van der Waals surface area contributed by atoms with Gasteiger partial charge < -0.3 is 18.9 Å². The summed E-state index contributed by atoms with van der Waals surface area (Å²) in [7, 11) is 0. The van der Waals surface area contributed by atoms with Gasteiger partial charge in [-0.1, -0.05) is 213 Å². The number of rotatable bonds is 16. The quantitative estimate of drug-likeness (QED) is 0.0547. The van der Waals surface area contributed by atoms with Gasteiger partial charge in [-0.05, 0) is 91.3 Å². The SMILES string of the molecule is C=CC(=O)Oc1c2cc(C(C)(C)CC(C)(C)C)cc1Cc1cc(C(C)(C)CC(C)(C)C)cc(c1OC(=O)C=C)Cc1cc(C(C)(C)CC(C)(C)C)cc(c1OC(=O)C=C)Cc1cc(C(C)(C)CC(C)(C)C)cc(c1OC(=O)C=C)C2. The van der Waals surface area contributed by atoms with Crippen molar-refractivity contribution in [2.24, 2.45) is 21.7 Å². The molecule has 8 nitrogen and oxygen atoms in total. The van der Waals surface area contributed by atoms with Crippen molar-refractivity contribution in [3.63, 3.8) is 0 Å². The molecular weight excluding hydrogens is 993 g/mol. The van der Waals surface area contributed by atoms with Crippen LogP contribution in [0.25, 0.3) is 0 Å². The second kappa shape index (κ2) is 23.7. The van der Waals surface area contributed by atoms with Crippen molar-refractivity contribution in [3.8, 4) is 23.0 Å². The van der Waals surface area contributed by atoms with E-state index in [2.05, 4.69) is 213 Å². The number of benzene rings is 4. The van der Waals surface area contributed by atoms with Crippen LogP contribution in [-0.2, 0) is 66.5 Å². The Kier molecular flexibility index (Phi) is 19.1. The number of hydrogen-bond acceptors (Lipinski definition) is 8. The number of esters is 4. The number of carbonyl (C=O) groups excluding carboxylic acids is 4. The lowest BCUT2D eigenvalue weighted by atomic mass is 9.70. The van der Waals surface area contributed by atoms with E-state index in [4.69, 9.17) is 18.9 Å². The minimum Gasteiger partial charge on any atom is -0.423 e. The van der Waals surface area contributed by atoms with Crippen molar-refractivity contribution in [1.29, 1.82) is 0 Å². The number of carbonyl (C=O) groups is 4. The molecule has 5 rings (SSSR count). The van der Waals surface area contributed by atoms with Gasteiger partial charge in [0, 0.05) is 94.5 Å². The number of ether oxygens (including phenoxy) is 4. The predicted molar refractivity (Wildman–Crippen MR) is 329 cm³/mol. The molecule has 0 amide bonds. The van der Waals surface area contributed by atoms with Crippen molar-refractivity contribution in [1.82, 2.24) is 0 Å². The molecule has 0 heterocycles. The van der Waals surface area contributed by atoms with Gasteiger partial charge >= 0.3 is 23.9 Å². The van der Waals surface area contributed by atoms with Crippen LogP contribution < -0.4 is 18.9 Å². The van der Waals surface area contributed by atoms with E-state index < -0.39 is 45.5 Å². The van der Waals surface area contributed by atoms with Crippen LogP contribution in [0.2, 0.25) is 0 Å². The first kappa shape index (κ1) is 64.5. The van der Waals surface area contributed by atoms with Crippen molar-refractivity contribution >= 4 is 23.9 Å². The largest absolute Gasteiger partial charge is 0.423 e. The van der Waals surface area contributed by atoms with Gasteiger partial charge in [0.2, 0.25) is 0 Å². The Hall–Kier alpha value is -6.28. The molecule has 0 saturated heterocycles. The lowest BCUT2D eigenvalue weighted by molar-refractivity contribution is -0.129. The Labute approximate surface area is 481 Å². The Bertz CT molecular complexity index is 2560. The molecule has 0 radical (unpaired) electrons. The van der Waals surface area contributed by atoms with Gasteiger partial charge in [-0.15, -0.1) is 0 Å². The van der Waals surface area contributed by atoms with Crippen LogP contribution in [-0.4, -0.2) is 23.9 Å². The van der Waals surface area contributed by atoms with Crippen molar-refractivity contribution in [2.75, 3.05) is 0 Å². The van der Waals surface area contributed by atoms with Crippen LogP contribution in [0.1, 0.15) is 231 Å². The van der Waals surface area contributed by atoms with Gasteiger partial charge in [-0.2, -0.15) is 0 Å². The molecule has 0 spiro atoms. The minimum absolute atomic E-state index is 0.0794. The fraction of sp³-hybridized carbons (Fsp3) is 0.500. The summed E-state index contributed by atoms with van der Waals surface area (Å²) in [5.74, 6) is -1.27. The highest BCUT2D eigenvalue weighted by atomic mass is 16.5. The monoisotopic (exact) mass is 1090 g/mol. The molecule has 4 aromatic rings. The molecule has 80 heavy (non-hydrogen) atoms. The molecule has 0 aliphatic heterocycles. The van der Waals surface area contributed by atoms with Gasteiger partial charge in [0.15, 0.2) is 0 Å². The van der Waals surface area contributed by atoms with E-state index in [1.54, 1.807) is 0 Å². The first-order valence-corrected chi connectivity index (χ1v) is 28.5. The van der Waals surface area contributed by atoms with E-state index >= 15 is 0 Å². The third-order valence-corrected chi connectivity index (χ3v) is 15.0. The van der Waals surface area contributed by atoms with E-state index in [0.29, 0.717) is 67.5 Å². The summed E-state index contributed by atoms with van der Waals surface area (Å²) in [6.45, 7) is 60.0. The van der Waals surface area contributed by atoms with Crippen molar-refractivity contribution < 1.29 is 38.1 Å². The summed E-state index contributed by atoms with van der Waals surface area (Å²) in [6.07, 6.45) is 8.50. The molecule has 0 atom stereocenters. The van der Waals surface area contributed by atoms with E-state index in [1.165, 1.54) is 0 Å². The molecular formula is C72H96O8. The lowest BCUT2D eigenvalue weighted by Gasteiger charge is -2.35. The zero-order chi connectivity index (χ0) is 60.5. The summed E-state index contributed by atoms with van der Waals surface area (Å²) in [5, 5.41) is 0. The Morgan fingerprint density at radius 3 is 0.562 bits per heavy atom. The van der Waals surface area contributed by atoms with Gasteiger partial charge in [0.1, 0.15) is 23.0 Å². The molecule has 432 valence electrons. The molecule has 1 aliphatic carbocycles. The van der Waals surface area contributed by atoms with Crippen LogP contribution in [0.3, 0.4) is 0 Å². The van der Waals surface area contributed by atoms with Crippen LogP contribution in [0.15, 0.2) is 99.2 Å². The topological polar surface area (TPSA) is 105 Å². The standard InChI is InChI=1S/C72H96O8/c1-25-57(73)77-61-45-29-47-35-54(70(19,20)42-66(8,9)10)37-49(62(47)78-58(74)26-2)31-51-39-56(72(23,24)44-68(14,15)16)40-52(64(51)80-60(76)28-4)32-50-38-55(71(21,22)43-67(11,12)13)36-48(63(50)79-59(75)27-3)30-46(61)34-53(33-45)69(17,18)41-65(5,6)7/h25-28,33-40H,1-4,29-32,41-44H2,5-24H3. The highest BCUT2D eigenvalue weighted by molar-refractivity contribution is 5.86. The number of hydrogen-bond donors (Lipinski definition) is 0. The summed E-state index contributed by atoms with van der Waals surface area (Å²) < 4.78 is 26.0. The third-order valence-electron chi connectivity index (χ3n) is 15.0. The first-order chi connectivity index (χ1) is 36.5. The molecule has 0 saturated carbocycles. The molecule has 4 aromatic carbocycles. The third kappa shape index (κ3) is 16.9. The van der Waals surface area contributed by atoms with Gasteiger partial charge in [0.05, 0.1) is 0 Å². The highest BCUT2D eigenvalue weighted by Crippen LogP contribution is 2.48. The van der Waals surface area contributed by atoms with E-state index in [-0.39, 0.29) is 47.3 Å². The maximum Gasteiger partial charge on any atom is 0.335 e. The van der Waals surface area contributed by atoms with E-state index in [1.807, 2.05) is 0 Å². The molecule has 8 bridgehead atoms. The average Bonchev–Trinajstić information content (AvgIpc) is 3.28. The first-order valence-electron chi connectivity index (χ1n) is 28.5. The number of fused-ring (bicyclic) bond motifs is 8. The van der Waals surface area contributed by atoms with Crippen molar-refractivity contribution in [3.05, 3.63) is 166 Å². The van der Waals surface area contributed by atoms with Crippen LogP contribution in [0, 0.1) is 21.7 Å². The zero-order valence-corrected chi connectivity index (χ0v) is 52.7. The summed E-state index contributed by atoms with van der Waals surface area (Å²) >= 11 is 0. The van der Waals surface area contributed by atoms with Crippen LogP contribution in [0.5, 0.6) is 23.0 Å². The summed E-state index contributed by atoms with van der Waals surface area (Å²) in [6, 6.07) is 17.0. The maximum absolute atomic E-state index is 13.9. The normalized spacial score (nSPS) is 13.7. The molecule has 0 unspecified atom stereocenters. The summed E-state index contributed by atoms with van der Waals surface area (Å²) in [4.78, 5) is 55.6. The second-order valence-corrected chi connectivity index (χ2v) is 30.2. The minimum atomic E-state index is -0.646. The van der Waals surface area contributed by atoms with E-state index in [9.17, 15) is 19.2 Å². The molecule has 0 aromatic heterocycles. The second-order valence-electron chi connectivity index (χ2n) is 30.2. The van der Waals surface area contributed by atoms with Crippen LogP contribution >= 0.6 is 0 Å².